The third-order valence-corrected chi connectivity index (χ3v) is 7.43. The summed E-state index contributed by atoms with van der Waals surface area (Å²) in [5.74, 6) is 0. The molecule has 6 rings (SSSR count). The van der Waals surface area contributed by atoms with E-state index in [1.54, 1.807) is 13.3 Å². The fourth-order valence-corrected chi connectivity index (χ4v) is 5.24. The zero-order valence-electron chi connectivity index (χ0n) is 22.7. The van der Waals surface area contributed by atoms with Gasteiger partial charge in [-0.2, -0.15) is 18.2 Å². The normalized spacial score (nSPS) is 15.6. The molecule has 1 fully saturated rings. The van der Waals surface area contributed by atoms with Gasteiger partial charge in [-0.25, -0.2) is 4.98 Å². The zero-order chi connectivity index (χ0) is 28.6. The van der Waals surface area contributed by atoms with Crippen molar-refractivity contribution in [1.82, 2.24) is 19.6 Å². The van der Waals surface area contributed by atoms with Crippen LogP contribution >= 0.6 is 0 Å². The molecule has 1 saturated heterocycles. The van der Waals surface area contributed by atoms with Gasteiger partial charge in [0, 0.05) is 25.0 Å². The summed E-state index contributed by atoms with van der Waals surface area (Å²) in [6.07, 6.45) is -0.990. The number of halogens is 3. The molecule has 2 aliphatic heterocycles. The minimum atomic E-state index is -4.42. The molecule has 1 N–H and O–H groups in total. The number of piperidine rings is 1. The molecule has 0 bridgehead atoms. The van der Waals surface area contributed by atoms with E-state index in [1.807, 2.05) is 65.1 Å². The van der Waals surface area contributed by atoms with Crippen LogP contribution in [0.1, 0.15) is 24.1 Å². The smallest absolute Gasteiger partial charge is 0.352 e. The summed E-state index contributed by atoms with van der Waals surface area (Å²) < 4.78 is 42.0. The molecule has 3 heterocycles. The number of benzene rings is 3. The first-order valence-electron chi connectivity index (χ1n) is 13.4. The van der Waals surface area contributed by atoms with E-state index >= 15 is 0 Å². The minimum Gasteiger partial charge on any atom is -0.352 e. The molecule has 0 saturated carbocycles. The van der Waals surface area contributed by atoms with Crippen molar-refractivity contribution >= 4 is 22.4 Å². The summed E-state index contributed by atoms with van der Waals surface area (Å²) in [5, 5.41) is 6.18. The molecular weight excluding hydrogens is 529 g/mol. The Morgan fingerprint density at radius 2 is 1.71 bits per heavy atom. The lowest BCUT2D eigenvalue weighted by Gasteiger charge is -2.28. The van der Waals surface area contributed by atoms with E-state index in [4.69, 9.17) is 14.8 Å². The molecule has 10 heteroatoms. The van der Waals surface area contributed by atoms with E-state index in [-0.39, 0.29) is 6.04 Å². The number of aromatic nitrogens is 3. The van der Waals surface area contributed by atoms with Gasteiger partial charge in [0.2, 0.25) is 0 Å². The predicted octanol–water partition coefficient (Wildman–Crippen LogP) is 6.52. The van der Waals surface area contributed by atoms with Crippen LogP contribution in [-0.4, -0.2) is 45.8 Å². The molecule has 0 spiro atoms. The molecule has 0 radical (unpaired) electrons. The first kappa shape index (κ1) is 26.9. The van der Waals surface area contributed by atoms with Crippen molar-refractivity contribution in [2.45, 2.75) is 32.0 Å². The Labute approximate surface area is 235 Å². The van der Waals surface area contributed by atoms with Gasteiger partial charge in [0.05, 0.1) is 63.6 Å². The number of nitrogens with zero attached hydrogens (tertiary/aromatic N) is 5. The quantitative estimate of drug-likeness (QED) is 0.249. The van der Waals surface area contributed by atoms with Crippen LogP contribution in [0.5, 0.6) is 0 Å². The number of nitrogens with one attached hydrogen (secondary N) is 1. The van der Waals surface area contributed by atoms with Crippen molar-refractivity contribution in [2.24, 2.45) is 4.99 Å². The highest BCUT2D eigenvalue weighted by atomic mass is 19.4. The van der Waals surface area contributed by atoms with Crippen LogP contribution in [-0.2, 0) is 11.0 Å². The summed E-state index contributed by atoms with van der Waals surface area (Å²) in [6, 6.07) is 20.7. The summed E-state index contributed by atoms with van der Waals surface area (Å²) in [6.45, 7) is 3.49. The van der Waals surface area contributed by atoms with Crippen LogP contribution in [0.2, 0.25) is 0 Å². The Morgan fingerprint density at radius 3 is 2.41 bits per heavy atom. The van der Waals surface area contributed by atoms with Gasteiger partial charge in [0.1, 0.15) is 0 Å². The van der Waals surface area contributed by atoms with E-state index in [0.29, 0.717) is 11.4 Å². The fraction of sp³-hybridized carbons (Fsp3) is 0.258. The minimum absolute atomic E-state index is 0.0855. The third kappa shape index (κ3) is 5.53. The summed E-state index contributed by atoms with van der Waals surface area (Å²) >= 11 is 0. The number of hydrogen-bond donors (Lipinski definition) is 1. The second-order valence-electron chi connectivity index (χ2n) is 10.1. The number of rotatable bonds is 5. The lowest BCUT2D eigenvalue weighted by molar-refractivity contribution is -0.143. The number of hydroxylamine groups is 2. The van der Waals surface area contributed by atoms with Crippen molar-refractivity contribution in [2.75, 3.05) is 25.5 Å². The van der Waals surface area contributed by atoms with E-state index in [0.717, 1.165) is 77.2 Å². The Balaban J connectivity index is 1.57. The van der Waals surface area contributed by atoms with Crippen LogP contribution in [0, 0.1) is 6.92 Å². The molecule has 7 nitrogen and oxygen atoms in total. The lowest BCUT2D eigenvalue weighted by Crippen LogP contribution is -2.35. The van der Waals surface area contributed by atoms with Gasteiger partial charge in [-0.1, -0.05) is 12.1 Å². The standard InChI is InChI=1S/C31H29F3N6O/c1-20-24(7-5-15-35-20)37-26-18-28-30(19-27(26)36-22-13-16-39(41-2)17-14-22)40(29-8-4-3-6-25(29)38-28)23-11-9-21(10-12-23)31(32,33)34/h3-12,15,18-19,22,37H,13-14,16-17H2,1-2H3/b36-27+. The second kappa shape index (κ2) is 10.9. The highest BCUT2D eigenvalue weighted by Crippen LogP contribution is 2.33. The fourth-order valence-electron chi connectivity index (χ4n) is 5.24. The van der Waals surface area contributed by atoms with Gasteiger partial charge in [-0.3, -0.25) is 9.98 Å². The molecular formula is C31H29F3N6O. The maximum Gasteiger partial charge on any atom is 0.416 e. The summed E-state index contributed by atoms with van der Waals surface area (Å²) in [7, 11) is 1.68. The van der Waals surface area contributed by atoms with Gasteiger partial charge in [0.25, 0.3) is 0 Å². The largest absolute Gasteiger partial charge is 0.416 e. The highest BCUT2D eigenvalue weighted by molar-refractivity contribution is 5.84. The third-order valence-electron chi connectivity index (χ3n) is 7.43. The van der Waals surface area contributed by atoms with Crippen LogP contribution in [0.15, 0.2) is 84.0 Å². The number of alkyl halides is 3. The maximum atomic E-state index is 13.4. The van der Waals surface area contributed by atoms with E-state index in [1.165, 1.54) is 12.1 Å². The molecule has 0 unspecified atom stereocenters. The van der Waals surface area contributed by atoms with Crippen molar-refractivity contribution < 1.29 is 18.0 Å². The molecule has 1 aromatic heterocycles. The summed E-state index contributed by atoms with van der Waals surface area (Å²) in [5.41, 5.74) is 5.32. The molecule has 1 aliphatic carbocycles. The van der Waals surface area contributed by atoms with Gasteiger partial charge >= 0.3 is 6.18 Å². The molecule has 2 aromatic carbocycles. The molecule has 0 atom stereocenters. The van der Waals surface area contributed by atoms with Crippen molar-refractivity contribution in [1.29, 1.82) is 0 Å². The highest BCUT2D eigenvalue weighted by Gasteiger charge is 2.30. The number of anilines is 2. The molecule has 3 aromatic rings. The van der Waals surface area contributed by atoms with Crippen LogP contribution in [0.3, 0.4) is 0 Å². The van der Waals surface area contributed by atoms with Crippen molar-refractivity contribution in [3.05, 3.63) is 95.6 Å². The number of pyridine rings is 1. The molecule has 210 valence electrons. The average Bonchev–Trinajstić information content (AvgIpc) is 2.97. The SMILES string of the molecule is CON1CCC(/N=c2\cc3n(-c4ccc(C(F)(F)F)cc4)c4ccccc4nc-3cc2Nc2cccnc2C)CC1. The van der Waals surface area contributed by atoms with Crippen molar-refractivity contribution in [3.8, 4) is 17.1 Å². The average molecular weight is 559 g/mol. The van der Waals surface area contributed by atoms with Gasteiger partial charge in [0.15, 0.2) is 0 Å². The lowest BCUT2D eigenvalue weighted by atomic mass is 10.1. The van der Waals surface area contributed by atoms with Gasteiger partial charge in [-0.15, -0.1) is 0 Å². The van der Waals surface area contributed by atoms with E-state index in [2.05, 4.69) is 10.3 Å². The van der Waals surface area contributed by atoms with Gasteiger partial charge < -0.3 is 14.7 Å². The van der Waals surface area contributed by atoms with Crippen LogP contribution in [0.25, 0.3) is 28.1 Å². The Kier molecular flexibility index (Phi) is 7.19. The van der Waals surface area contributed by atoms with Crippen LogP contribution in [0.4, 0.5) is 24.5 Å². The van der Waals surface area contributed by atoms with Crippen molar-refractivity contribution in [3.63, 3.8) is 0 Å². The number of para-hydroxylation sites is 2. The number of aryl methyl sites for hydroxylation is 1. The van der Waals surface area contributed by atoms with E-state index in [9.17, 15) is 13.2 Å². The molecule has 0 amide bonds. The van der Waals surface area contributed by atoms with Gasteiger partial charge in [-0.05, 0) is 80.4 Å². The Morgan fingerprint density at radius 1 is 0.951 bits per heavy atom. The summed E-state index contributed by atoms with van der Waals surface area (Å²) in [4.78, 5) is 19.9. The monoisotopic (exact) mass is 558 g/mol. The topological polar surface area (TPSA) is 67.6 Å². The van der Waals surface area contributed by atoms with Crippen LogP contribution < -0.4 is 10.7 Å². The number of hydrogen-bond acceptors (Lipinski definition) is 6. The first-order chi connectivity index (χ1) is 19.8. The Bertz CT molecular complexity index is 1720. The van der Waals surface area contributed by atoms with E-state index < -0.39 is 11.7 Å². The zero-order valence-corrected chi connectivity index (χ0v) is 22.7. The second-order valence-corrected chi connectivity index (χ2v) is 10.1. The molecule has 41 heavy (non-hydrogen) atoms. The number of fused-ring (bicyclic) bond motifs is 2. The Hall–Kier alpha value is -4.28. The molecule has 3 aliphatic rings. The first-order valence-corrected chi connectivity index (χ1v) is 13.4. The predicted molar refractivity (Wildman–Crippen MR) is 152 cm³/mol. The maximum absolute atomic E-state index is 13.4.